The van der Waals surface area contributed by atoms with Crippen LogP contribution in [0.25, 0.3) is 0 Å². The highest BCUT2D eigenvalue weighted by molar-refractivity contribution is 5.82. The van der Waals surface area contributed by atoms with Crippen molar-refractivity contribution in [1.29, 1.82) is 0 Å². The number of rotatable bonds is 4. The van der Waals surface area contributed by atoms with Gasteiger partial charge in [-0.1, -0.05) is 0 Å². The maximum Gasteiger partial charge on any atom is 0.324 e. The summed E-state index contributed by atoms with van der Waals surface area (Å²) in [6, 6.07) is -0.827. The van der Waals surface area contributed by atoms with E-state index in [1.165, 1.54) is 0 Å². The van der Waals surface area contributed by atoms with E-state index in [0.29, 0.717) is 0 Å². The molecule has 0 aromatic heterocycles. The van der Waals surface area contributed by atoms with Gasteiger partial charge in [0.05, 0.1) is 6.42 Å². The van der Waals surface area contributed by atoms with Gasteiger partial charge in [-0.25, -0.2) is 0 Å². The molecule has 0 aliphatic rings. The summed E-state index contributed by atoms with van der Waals surface area (Å²) in [6.07, 6.45) is -0.286. The van der Waals surface area contributed by atoms with Crippen molar-refractivity contribution >= 4 is 11.9 Å². The largest absolute Gasteiger partial charge is 0.481 e. The van der Waals surface area contributed by atoms with Crippen LogP contribution in [0.4, 0.5) is 0 Å². The van der Waals surface area contributed by atoms with E-state index in [9.17, 15) is 9.59 Å². The maximum atomic E-state index is 11.8. The lowest BCUT2D eigenvalue weighted by atomic mass is 10.1. The number of esters is 1. The fraction of sp³-hybridized carbons (Fsp3) is 0.833. The Morgan fingerprint density at radius 3 is 1.94 bits per heavy atom. The summed E-state index contributed by atoms with van der Waals surface area (Å²) in [7, 11) is 0. The van der Waals surface area contributed by atoms with Gasteiger partial charge < -0.3 is 9.84 Å². The fourth-order valence-electron chi connectivity index (χ4n) is 1.26. The van der Waals surface area contributed by atoms with Crippen molar-refractivity contribution in [1.82, 2.24) is 5.32 Å². The minimum atomic E-state index is -1.03. The molecule has 0 aliphatic carbocycles. The lowest BCUT2D eigenvalue weighted by molar-refractivity contribution is -0.160. The summed E-state index contributed by atoms with van der Waals surface area (Å²) >= 11 is 0. The molecule has 0 aromatic rings. The Balaban J connectivity index is 4.68. The van der Waals surface area contributed by atoms with Crippen molar-refractivity contribution < 1.29 is 19.4 Å². The van der Waals surface area contributed by atoms with Crippen LogP contribution in [0.2, 0.25) is 0 Å². The first kappa shape index (κ1) is 15.9. The van der Waals surface area contributed by atoms with Crippen LogP contribution in [0.15, 0.2) is 0 Å². The van der Waals surface area contributed by atoms with E-state index in [2.05, 4.69) is 5.32 Å². The predicted octanol–water partition coefficient (Wildman–Crippen LogP) is 1.56. The van der Waals surface area contributed by atoms with E-state index in [1.807, 2.05) is 20.8 Å². The maximum absolute atomic E-state index is 11.8. The number of ether oxygens (including phenoxy) is 1. The van der Waals surface area contributed by atoms with Gasteiger partial charge in [0, 0.05) is 5.54 Å². The first-order valence-corrected chi connectivity index (χ1v) is 5.63. The van der Waals surface area contributed by atoms with E-state index in [0.717, 1.165) is 0 Å². The standard InChI is InChI=1S/C12H23NO4/c1-11(2,3)13-8(7-9(14)15)10(16)17-12(4,5)6/h8,13H,7H2,1-6H3,(H,14,15)/t8-/m0/s1. The molecule has 2 N–H and O–H groups in total. The third-order valence-electron chi connectivity index (χ3n) is 1.68. The minimum Gasteiger partial charge on any atom is -0.481 e. The van der Waals surface area contributed by atoms with Gasteiger partial charge in [-0.3, -0.25) is 14.9 Å². The smallest absolute Gasteiger partial charge is 0.324 e. The lowest BCUT2D eigenvalue weighted by Crippen LogP contribution is -2.50. The molecular weight excluding hydrogens is 222 g/mol. The topological polar surface area (TPSA) is 75.6 Å². The molecule has 1 atom stereocenters. The minimum absolute atomic E-state index is 0.286. The molecule has 0 saturated carbocycles. The monoisotopic (exact) mass is 245 g/mol. The van der Waals surface area contributed by atoms with Crippen molar-refractivity contribution in [3.8, 4) is 0 Å². The third kappa shape index (κ3) is 8.68. The molecule has 0 spiro atoms. The van der Waals surface area contributed by atoms with Gasteiger partial charge in [-0.15, -0.1) is 0 Å². The van der Waals surface area contributed by atoms with Crippen molar-refractivity contribution in [3.63, 3.8) is 0 Å². The van der Waals surface area contributed by atoms with Crippen LogP contribution in [0, 0.1) is 0 Å². The van der Waals surface area contributed by atoms with Crippen molar-refractivity contribution in [3.05, 3.63) is 0 Å². The van der Waals surface area contributed by atoms with Gasteiger partial charge in [0.1, 0.15) is 11.6 Å². The molecule has 5 nitrogen and oxygen atoms in total. The summed E-state index contributed by atoms with van der Waals surface area (Å²) in [5.74, 6) is -1.56. The van der Waals surface area contributed by atoms with Crippen LogP contribution in [0.5, 0.6) is 0 Å². The Labute approximate surface area is 103 Å². The van der Waals surface area contributed by atoms with Gasteiger partial charge in [0.2, 0.25) is 0 Å². The molecule has 0 bridgehead atoms. The highest BCUT2D eigenvalue weighted by atomic mass is 16.6. The molecule has 0 unspecified atom stereocenters. The summed E-state index contributed by atoms with van der Waals surface area (Å²) in [5.41, 5.74) is -0.968. The highest BCUT2D eigenvalue weighted by Crippen LogP contribution is 2.12. The Bertz CT molecular complexity index is 286. The highest BCUT2D eigenvalue weighted by Gasteiger charge is 2.30. The molecule has 0 aliphatic heterocycles. The second-order valence-corrected chi connectivity index (χ2v) is 6.08. The Morgan fingerprint density at radius 2 is 1.65 bits per heavy atom. The van der Waals surface area contributed by atoms with Crippen LogP contribution in [-0.2, 0) is 14.3 Å². The van der Waals surface area contributed by atoms with Crippen molar-refractivity contribution in [2.45, 2.75) is 65.1 Å². The number of hydrogen-bond donors (Lipinski definition) is 2. The molecule has 0 saturated heterocycles. The number of aliphatic carboxylic acids is 1. The van der Waals surface area contributed by atoms with Crippen LogP contribution in [0.1, 0.15) is 48.0 Å². The van der Waals surface area contributed by atoms with E-state index in [-0.39, 0.29) is 12.0 Å². The van der Waals surface area contributed by atoms with Crippen molar-refractivity contribution in [2.24, 2.45) is 0 Å². The van der Waals surface area contributed by atoms with Crippen LogP contribution < -0.4 is 5.32 Å². The molecule has 0 aromatic carbocycles. The molecule has 0 heterocycles. The summed E-state index contributed by atoms with van der Waals surface area (Å²) in [6.45, 7) is 10.9. The van der Waals surface area contributed by atoms with E-state index >= 15 is 0 Å². The number of nitrogens with one attached hydrogen (secondary N) is 1. The number of carbonyl (C=O) groups excluding carboxylic acids is 1. The van der Waals surface area contributed by atoms with Crippen LogP contribution >= 0.6 is 0 Å². The first-order valence-electron chi connectivity index (χ1n) is 5.63. The van der Waals surface area contributed by atoms with E-state index in [1.54, 1.807) is 20.8 Å². The summed E-state index contributed by atoms with van der Waals surface area (Å²) in [5, 5.41) is 11.7. The van der Waals surface area contributed by atoms with Gasteiger partial charge in [0.15, 0.2) is 0 Å². The Kier molecular flexibility index (Phi) is 5.13. The van der Waals surface area contributed by atoms with Gasteiger partial charge in [0.25, 0.3) is 0 Å². The fourth-order valence-corrected chi connectivity index (χ4v) is 1.26. The number of carboxylic acids is 1. The van der Waals surface area contributed by atoms with Gasteiger partial charge in [-0.05, 0) is 41.5 Å². The summed E-state index contributed by atoms with van der Waals surface area (Å²) < 4.78 is 5.18. The number of carbonyl (C=O) groups is 2. The average molecular weight is 245 g/mol. The molecule has 0 rings (SSSR count). The second kappa shape index (κ2) is 5.49. The van der Waals surface area contributed by atoms with Gasteiger partial charge >= 0.3 is 11.9 Å². The first-order chi connectivity index (χ1) is 7.41. The normalized spacial score (nSPS) is 14.2. The van der Waals surface area contributed by atoms with Crippen LogP contribution in [-0.4, -0.2) is 34.2 Å². The SMILES string of the molecule is CC(C)(C)N[C@@H](CC(=O)O)C(=O)OC(C)(C)C. The second-order valence-electron chi connectivity index (χ2n) is 6.08. The number of carboxylic acid groups (broad SMARTS) is 1. The zero-order valence-electron chi connectivity index (χ0n) is 11.5. The molecule has 5 heteroatoms. The van der Waals surface area contributed by atoms with E-state index in [4.69, 9.17) is 9.84 Å². The molecular formula is C12H23NO4. The molecule has 17 heavy (non-hydrogen) atoms. The molecule has 0 fully saturated rings. The Morgan fingerprint density at radius 1 is 1.18 bits per heavy atom. The Hall–Kier alpha value is -1.10. The zero-order chi connectivity index (χ0) is 13.9. The van der Waals surface area contributed by atoms with Crippen molar-refractivity contribution in [2.75, 3.05) is 0 Å². The van der Waals surface area contributed by atoms with E-state index < -0.39 is 23.6 Å². The predicted molar refractivity (Wildman–Crippen MR) is 64.8 cm³/mol. The lowest BCUT2D eigenvalue weighted by Gasteiger charge is -2.29. The van der Waals surface area contributed by atoms with Crippen LogP contribution in [0.3, 0.4) is 0 Å². The average Bonchev–Trinajstić information content (AvgIpc) is 1.95. The molecule has 100 valence electrons. The summed E-state index contributed by atoms with van der Waals surface area (Å²) in [4.78, 5) is 22.5. The third-order valence-corrected chi connectivity index (χ3v) is 1.68. The zero-order valence-corrected chi connectivity index (χ0v) is 11.5. The molecule has 0 radical (unpaired) electrons. The molecule has 0 amide bonds. The quantitative estimate of drug-likeness (QED) is 0.735. The number of hydrogen-bond acceptors (Lipinski definition) is 4. The van der Waals surface area contributed by atoms with Gasteiger partial charge in [-0.2, -0.15) is 0 Å².